The van der Waals surface area contributed by atoms with E-state index in [0.29, 0.717) is 12.1 Å². The van der Waals surface area contributed by atoms with Crippen LogP contribution in [0.15, 0.2) is 53.4 Å². The first kappa shape index (κ1) is 22.9. The van der Waals surface area contributed by atoms with E-state index in [-0.39, 0.29) is 17.5 Å². The van der Waals surface area contributed by atoms with E-state index in [2.05, 4.69) is 5.32 Å². The van der Waals surface area contributed by atoms with Crippen molar-refractivity contribution in [1.82, 2.24) is 5.32 Å². The Labute approximate surface area is 172 Å². The van der Waals surface area contributed by atoms with Crippen molar-refractivity contribution in [3.8, 4) is 0 Å². The highest BCUT2D eigenvalue weighted by atomic mass is 32.2. The van der Waals surface area contributed by atoms with E-state index in [1.165, 1.54) is 12.1 Å². The van der Waals surface area contributed by atoms with Crippen LogP contribution in [-0.2, 0) is 24.7 Å². The number of nitrogens with zero attached hydrogens (tertiary/aromatic N) is 1. The minimum absolute atomic E-state index is 0.199. The third kappa shape index (κ3) is 6.04. The summed E-state index contributed by atoms with van der Waals surface area (Å²) in [7, 11) is -6.96. The maximum atomic E-state index is 12.6. The fourth-order valence-corrected chi connectivity index (χ4v) is 4.51. The molecular formula is C20H26N2O5S2. The number of sulfone groups is 1. The molecule has 0 spiro atoms. The zero-order chi connectivity index (χ0) is 21.8. The fourth-order valence-electron chi connectivity index (χ4n) is 2.96. The van der Waals surface area contributed by atoms with Crippen molar-refractivity contribution in [1.29, 1.82) is 0 Å². The van der Waals surface area contributed by atoms with E-state index in [0.717, 1.165) is 27.9 Å². The van der Waals surface area contributed by atoms with Crippen molar-refractivity contribution >= 4 is 31.5 Å². The largest absolute Gasteiger partial charge is 0.348 e. The molecule has 0 saturated carbocycles. The summed E-state index contributed by atoms with van der Waals surface area (Å²) < 4.78 is 48.8. The molecule has 0 bridgehead atoms. The second-order valence-electron chi connectivity index (χ2n) is 6.93. The van der Waals surface area contributed by atoms with Crippen molar-refractivity contribution in [2.45, 2.75) is 31.2 Å². The zero-order valence-corrected chi connectivity index (χ0v) is 18.5. The maximum Gasteiger partial charge on any atom is 0.241 e. The number of hydrogen-bond acceptors (Lipinski definition) is 5. The van der Waals surface area contributed by atoms with E-state index in [1.54, 1.807) is 43.3 Å². The molecule has 1 atom stereocenters. The molecule has 1 N–H and O–H groups in total. The van der Waals surface area contributed by atoms with Crippen molar-refractivity contribution in [3.05, 3.63) is 59.7 Å². The molecule has 0 saturated heterocycles. The molecule has 0 aliphatic carbocycles. The molecule has 0 radical (unpaired) electrons. The van der Waals surface area contributed by atoms with Gasteiger partial charge in [-0.15, -0.1) is 0 Å². The third-order valence-corrected chi connectivity index (χ3v) is 6.78. The van der Waals surface area contributed by atoms with Gasteiger partial charge in [0.05, 0.1) is 22.9 Å². The Balaban J connectivity index is 2.21. The van der Waals surface area contributed by atoms with Gasteiger partial charge in [-0.3, -0.25) is 9.10 Å². The van der Waals surface area contributed by atoms with Crippen molar-refractivity contribution in [2.75, 3.05) is 23.4 Å². The van der Waals surface area contributed by atoms with E-state index >= 15 is 0 Å². The molecule has 0 aromatic heterocycles. The van der Waals surface area contributed by atoms with Gasteiger partial charge >= 0.3 is 0 Å². The first-order valence-electron chi connectivity index (χ1n) is 9.06. The number of benzene rings is 2. The van der Waals surface area contributed by atoms with E-state index in [4.69, 9.17) is 0 Å². The van der Waals surface area contributed by atoms with Crippen molar-refractivity contribution in [3.63, 3.8) is 0 Å². The van der Waals surface area contributed by atoms with Crippen LogP contribution in [0.1, 0.15) is 30.5 Å². The summed E-state index contributed by atoms with van der Waals surface area (Å²) in [6.07, 6.45) is 2.76. The van der Waals surface area contributed by atoms with Gasteiger partial charge in [-0.2, -0.15) is 0 Å². The number of sulfonamides is 1. The summed E-state index contributed by atoms with van der Waals surface area (Å²) in [5, 5.41) is 2.84. The van der Waals surface area contributed by atoms with Gasteiger partial charge in [-0.05, 0) is 42.7 Å². The molecule has 1 amide bonds. The number of para-hydroxylation sites is 1. The second-order valence-corrected chi connectivity index (χ2v) is 10.8. The Morgan fingerprint density at radius 3 is 2.07 bits per heavy atom. The van der Waals surface area contributed by atoms with Crippen LogP contribution in [0.5, 0.6) is 0 Å². The molecule has 0 aliphatic rings. The average molecular weight is 439 g/mol. The minimum Gasteiger partial charge on any atom is -0.348 e. The first-order valence-corrected chi connectivity index (χ1v) is 12.8. The van der Waals surface area contributed by atoms with Crippen LogP contribution in [0.25, 0.3) is 0 Å². The van der Waals surface area contributed by atoms with Crippen LogP contribution in [0, 0.1) is 6.92 Å². The number of amides is 1. The van der Waals surface area contributed by atoms with E-state index in [1.807, 2.05) is 6.92 Å². The van der Waals surface area contributed by atoms with Crippen molar-refractivity contribution in [2.24, 2.45) is 0 Å². The summed E-state index contributed by atoms with van der Waals surface area (Å²) in [5.74, 6) is -0.447. The monoisotopic (exact) mass is 438 g/mol. The van der Waals surface area contributed by atoms with Crippen LogP contribution in [0.3, 0.4) is 0 Å². The van der Waals surface area contributed by atoms with E-state index < -0.39 is 25.8 Å². The molecule has 2 aromatic carbocycles. The van der Waals surface area contributed by atoms with Crippen LogP contribution in [0.4, 0.5) is 5.69 Å². The second kappa shape index (κ2) is 8.96. The number of hydrogen-bond donors (Lipinski definition) is 1. The standard InChI is InChI=1S/C20H26N2O5S2/c1-5-18(16-10-12-17(13-11-16)28(3,24)25)21-20(23)14-22(29(4,26)27)19-9-7-6-8-15(19)2/h6-13,18H,5,14H2,1-4H3,(H,21,23)/t18-/m0/s1. The molecule has 29 heavy (non-hydrogen) atoms. The third-order valence-electron chi connectivity index (χ3n) is 4.53. The average Bonchev–Trinajstić information content (AvgIpc) is 2.63. The van der Waals surface area contributed by atoms with Crippen LogP contribution >= 0.6 is 0 Å². The lowest BCUT2D eigenvalue weighted by atomic mass is 10.0. The molecular weight excluding hydrogens is 412 g/mol. The fraction of sp³-hybridized carbons (Fsp3) is 0.350. The molecule has 2 aromatic rings. The smallest absolute Gasteiger partial charge is 0.241 e. The topological polar surface area (TPSA) is 101 Å². The van der Waals surface area contributed by atoms with Crippen LogP contribution in [-0.4, -0.2) is 41.8 Å². The summed E-state index contributed by atoms with van der Waals surface area (Å²) >= 11 is 0. The van der Waals surface area contributed by atoms with Gasteiger partial charge in [0, 0.05) is 6.26 Å². The Kier molecular flexibility index (Phi) is 7.07. The van der Waals surface area contributed by atoms with Gasteiger partial charge in [-0.25, -0.2) is 16.8 Å². The molecule has 2 rings (SSSR count). The number of carbonyl (C=O) groups excluding carboxylic acids is 1. The highest BCUT2D eigenvalue weighted by Crippen LogP contribution is 2.23. The summed E-state index contributed by atoms with van der Waals surface area (Å²) in [6, 6.07) is 12.9. The lowest BCUT2D eigenvalue weighted by molar-refractivity contribution is -0.120. The molecule has 9 heteroatoms. The maximum absolute atomic E-state index is 12.6. The van der Waals surface area contributed by atoms with Crippen molar-refractivity contribution < 1.29 is 21.6 Å². The summed E-state index contributed by atoms with van der Waals surface area (Å²) in [4.78, 5) is 12.8. The van der Waals surface area contributed by atoms with Gasteiger partial charge < -0.3 is 5.32 Å². The first-order chi connectivity index (χ1) is 13.4. The molecule has 7 nitrogen and oxygen atoms in total. The number of aryl methyl sites for hydroxylation is 1. The number of anilines is 1. The molecule has 0 fully saturated rings. The van der Waals surface area contributed by atoms with Crippen LogP contribution in [0.2, 0.25) is 0 Å². The molecule has 0 heterocycles. The SMILES string of the molecule is CC[C@H](NC(=O)CN(c1ccccc1C)S(C)(=O)=O)c1ccc(S(C)(=O)=O)cc1. The van der Waals surface area contributed by atoms with Gasteiger partial charge in [0.25, 0.3) is 0 Å². The van der Waals surface area contributed by atoms with Gasteiger partial charge in [-0.1, -0.05) is 37.3 Å². The van der Waals surface area contributed by atoms with Gasteiger partial charge in [0.1, 0.15) is 6.54 Å². The Hall–Kier alpha value is -2.39. The summed E-state index contributed by atoms with van der Waals surface area (Å²) in [6.45, 7) is 3.32. The lowest BCUT2D eigenvalue weighted by Gasteiger charge is -2.25. The number of rotatable bonds is 8. The van der Waals surface area contributed by atoms with E-state index in [9.17, 15) is 21.6 Å². The van der Waals surface area contributed by atoms with Crippen LogP contribution < -0.4 is 9.62 Å². The van der Waals surface area contributed by atoms with Gasteiger partial charge in [0.2, 0.25) is 15.9 Å². The number of nitrogens with one attached hydrogen (secondary N) is 1. The lowest BCUT2D eigenvalue weighted by Crippen LogP contribution is -2.41. The normalized spacial score (nSPS) is 13.0. The zero-order valence-electron chi connectivity index (χ0n) is 16.9. The minimum atomic E-state index is -3.66. The predicted octanol–water partition coefficient (Wildman–Crippen LogP) is 2.43. The predicted molar refractivity (Wildman–Crippen MR) is 114 cm³/mol. The highest BCUT2D eigenvalue weighted by molar-refractivity contribution is 7.92. The summed E-state index contributed by atoms with van der Waals surface area (Å²) in [5.41, 5.74) is 1.94. The quantitative estimate of drug-likeness (QED) is 0.682. The highest BCUT2D eigenvalue weighted by Gasteiger charge is 2.23. The Bertz CT molecular complexity index is 1080. The molecule has 0 aliphatic heterocycles. The molecule has 158 valence electrons. The Morgan fingerprint density at radius 2 is 1.59 bits per heavy atom. The Morgan fingerprint density at radius 1 is 1.00 bits per heavy atom. The van der Waals surface area contributed by atoms with Gasteiger partial charge in [0.15, 0.2) is 9.84 Å². The number of carbonyl (C=O) groups is 1. The molecule has 0 unspecified atom stereocenters.